The number of carbonyl (C=O) groups is 1. The zero-order chi connectivity index (χ0) is 19.2. The maximum Gasteiger partial charge on any atom is 0.208 e. The third kappa shape index (κ3) is 3.16. The Morgan fingerprint density at radius 3 is 2.54 bits per heavy atom. The third-order valence-electron chi connectivity index (χ3n) is 5.41. The van der Waals surface area contributed by atoms with Crippen LogP contribution in [-0.2, 0) is 19.0 Å². The normalized spacial score (nSPS) is 51.3. The first-order chi connectivity index (χ1) is 12.2. The number of fused-ring (bicyclic) bond motifs is 1. The van der Waals surface area contributed by atoms with E-state index in [4.69, 9.17) is 14.2 Å². The Hall–Kier alpha value is -1.11. The number of aliphatic hydroxyl groups is 6. The molecule has 0 aromatic heterocycles. The lowest BCUT2D eigenvalue weighted by molar-refractivity contribution is -0.346. The summed E-state index contributed by atoms with van der Waals surface area (Å²) in [5, 5.41) is 59.9. The van der Waals surface area contributed by atoms with Crippen LogP contribution in [0.15, 0.2) is 11.8 Å². The Bertz CT molecular complexity index is 561. The summed E-state index contributed by atoms with van der Waals surface area (Å²) >= 11 is 0. The summed E-state index contributed by atoms with van der Waals surface area (Å²) in [4.78, 5) is 11.2. The number of aldehydes is 1. The fourth-order valence-corrected chi connectivity index (χ4v) is 4.05. The van der Waals surface area contributed by atoms with Gasteiger partial charge < -0.3 is 44.8 Å². The van der Waals surface area contributed by atoms with Crippen LogP contribution in [0.3, 0.4) is 0 Å². The van der Waals surface area contributed by atoms with Crippen molar-refractivity contribution in [1.82, 2.24) is 0 Å². The minimum Gasteiger partial charge on any atom is -0.472 e. The van der Waals surface area contributed by atoms with Crippen molar-refractivity contribution in [2.45, 2.75) is 62.0 Å². The van der Waals surface area contributed by atoms with Gasteiger partial charge in [-0.25, -0.2) is 0 Å². The number of aliphatic hydroxyl groups excluding tert-OH is 5. The summed E-state index contributed by atoms with van der Waals surface area (Å²) in [6.45, 7) is 0.857. The highest BCUT2D eigenvalue weighted by Crippen LogP contribution is 2.49. The molecule has 0 unspecified atom stereocenters. The van der Waals surface area contributed by atoms with Gasteiger partial charge in [0, 0.05) is 17.9 Å². The van der Waals surface area contributed by atoms with Gasteiger partial charge in [-0.2, -0.15) is 0 Å². The van der Waals surface area contributed by atoms with Crippen molar-refractivity contribution >= 4 is 6.29 Å². The van der Waals surface area contributed by atoms with E-state index in [1.54, 1.807) is 0 Å². The summed E-state index contributed by atoms with van der Waals surface area (Å²) in [7, 11) is 0. The summed E-state index contributed by atoms with van der Waals surface area (Å²) in [6.07, 6.45) is -7.96. The van der Waals surface area contributed by atoms with Crippen LogP contribution in [0.2, 0.25) is 0 Å². The molecular weight excluding hydrogens is 352 g/mol. The molecule has 1 aliphatic carbocycles. The van der Waals surface area contributed by atoms with Crippen LogP contribution in [0, 0.1) is 11.8 Å². The SMILES string of the molecule is C[C@]1(O)C[C@H](O)[C@@H]2C(C=O)=CO[C@@H](O[C@@H]3O[C@H](CO)[C@@H](O)[C@H](O)[C@H]3O)[C@@H]21. The molecule has 2 fully saturated rings. The second kappa shape index (κ2) is 7.13. The van der Waals surface area contributed by atoms with Crippen LogP contribution in [0.4, 0.5) is 0 Å². The van der Waals surface area contributed by atoms with Crippen LogP contribution < -0.4 is 0 Å². The van der Waals surface area contributed by atoms with Crippen LogP contribution >= 0.6 is 0 Å². The molecule has 26 heavy (non-hydrogen) atoms. The molecule has 1 saturated carbocycles. The van der Waals surface area contributed by atoms with Crippen molar-refractivity contribution in [3.8, 4) is 0 Å². The first-order valence-corrected chi connectivity index (χ1v) is 8.38. The molecule has 3 rings (SSSR count). The molecule has 6 N–H and O–H groups in total. The van der Waals surface area contributed by atoms with Gasteiger partial charge in [0.1, 0.15) is 30.7 Å². The Morgan fingerprint density at radius 1 is 1.23 bits per heavy atom. The van der Waals surface area contributed by atoms with Gasteiger partial charge in [-0.3, -0.25) is 4.79 Å². The molecule has 2 heterocycles. The average molecular weight is 376 g/mol. The van der Waals surface area contributed by atoms with Crippen LogP contribution in [0.25, 0.3) is 0 Å². The van der Waals surface area contributed by atoms with E-state index in [1.165, 1.54) is 6.92 Å². The summed E-state index contributed by atoms with van der Waals surface area (Å²) < 4.78 is 16.2. The molecule has 0 aromatic carbocycles. The predicted molar refractivity (Wildman–Crippen MR) is 82.1 cm³/mol. The van der Waals surface area contributed by atoms with E-state index in [-0.39, 0.29) is 12.0 Å². The minimum atomic E-state index is -1.64. The van der Waals surface area contributed by atoms with Gasteiger partial charge in [0.05, 0.1) is 30.5 Å². The minimum absolute atomic E-state index is 0.00852. The maximum atomic E-state index is 11.2. The molecule has 1 saturated heterocycles. The van der Waals surface area contributed by atoms with E-state index in [0.29, 0.717) is 6.29 Å². The van der Waals surface area contributed by atoms with E-state index in [2.05, 4.69) is 0 Å². The van der Waals surface area contributed by atoms with E-state index >= 15 is 0 Å². The molecule has 0 radical (unpaired) electrons. The lowest BCUT2D eigenvalue weighted by Crippen LogP contribution is -2.60. The van der Waals surface area contributed by atoms with Crippen molar-refractivity contribution in [3.05, 3.63) is 11.8 Å². The van der Waals surface area contributed by atoms with Gasteiger partial charge in [-0.05, 0) is 6.92 Å². The van der Waals surface area contributed by atoms with Gasteiger partial charge in [0.15, 0.2) is 6.29 Å². The molecule has 0 spiro atoms. The largest absolute Gasteiger partial charge is 0.472 e. The number of carbonyl (C=O) groups excluding carboxylic acids is 1. The molecule has 10 nitrogen and oxygen atoms in total. The highest BCUT2D eigenvalue weighted by Gasteiger charge is 2.58. The molecule has 3 aliphatic rings. The van der Waals surface area contributed by atoms with Crippen molar-refractivity contribution in [2.75, 3.05) is 6.61 Å². The second-order valence-electron chi connectivity index (χ2n) is 7.25. The van der Waals surface area contributed by atoms with Crippen molar-refractivity contribution in [2.24, 2.45) is 11.8 Å². The monoisotopic (exact) mass is 376 g/mol. The van der Waals surface area contributed by atoms with Gasteiger partial charge in [0.25, 0.3) is 0 Å². The zero-order valence-corrected chi connectivity index (χ0v) is 14.1. The van der Waals surface area contributed by atoms with Crippen molar-refractivity contribution < 1.29 is 49.6 Å². The molecular formula is C16H24O10. The summed E-state index contributed by atoms with van der Waals surface area (Å²) in [6, 6.07) is 0. The van der Waals surface area contributed by atoms with E-state index in [9.17, 15) is 35.4 Å². The number of hydrogen-bond donors (Lipinski definition) is 6. The van der Waals surface area contributed by atoms with Crippen LogP contribution in [0.5, 0.6) is 0 Å². The standard InChI is InChI=1S/C16H24O10/c1-16(23)2-7(19)9-6(3-17)5-24-14(10(9)16)26-15-13(22)12(21)11(20)8(4-18)25-15/h3,5,7-15,18-23H,2,4H2,1H3/t7-,8+,9-,10+,11+,12-,13+,14-,15-,16-/m0/s1. The van der Waals surface area contributed by atoms with Gasteiger partial charge in [0.2, 0.25) is 6.29 Å². The Balaban J connectivity index is 1.83. The predicted octanol–water partition coefficient (Wildman–Crippen LogP) is -3.01. The molecule has 0 bridgehead atoms. The quantitative estimate of drug-likeness (QED) is 0.278. The fourth-order valence-electron chi connectivity index (χ4n) is 4.05. The van der Waals surface area contributed by atoms with E-state index in [1.807, 2.05) is 0 Å². The fraction of sp³-hybridized carbons (Fsp3) is 0.812. The summed E-state index contributed by atoms with van der Waals surface area (Å²) in [5.41, 5.74) is -1.25. The molecule has 0 aromatic rings. The van der Waals surface area contributed by atoms with Crippen LogP contribution in [0.1, 0.15) is 13.3 Å². The topological polar surface area (TPSA) is 166 Å². The van der Waals surface area contributed by atoms with Gasteiger partial charge in [-0.1, -0.05) is 0 Å². The molecule has 10 heteroatoms. The van der Waals surface area contributed by atoms with E-state index in [0.717, 1.165) is 6.26 Å². The smallest absolute Gasteiger partial charge is 0.208 e. The number of hydrogen-bond acceptors (Lipinski definition) is 10. The van der Waals surface area contributed by atoms with E-state index < -0.39 is 67.1 Å². The maximum absolute atomic E-state index is 11.2. The first-order valence-electron chi connectivity index (χ1n) is 8.38. The Labute approximate surface area is 149 Å². The molecule has 0 amide bonds. The molecule has 148 valence electrons. The first kappa shape index (κ1) is 19.6. The van der Waals surface area contributed by atoms with Crippen LogP contribution in [-0.4, -0.2) is 92.2 Å². The molecule has 2 aliphatic heterocycles. The number of ether oxygens (including phenoxy) is 3. The Morgan fingerprint density at radius 2 is 1.92 bits per heavy atom. The zero-order valence-electron chi connectivity index (χ0n) is 14.1. The van der Waals surface area contributed by atoms with Gasteiger partial charge in [-0.15, -0.1) is 0 Å². The molecule has 10 atom stereocenters. The summed E-state index contributed by atoms with van der Waals surface area (Å²) in [5.74, 6) is -1.57. The lowest BCUT2D eigenvalue weighted by Gasteiger charge is -2.44. The highest BCUT2D eigenvalue weighted by molar-refractivity contribution is 5.74. The highest BCUT2D eigenvalue weighted by atomic mass is 16.8. The average Bonchev–Trinajstić information content (AvgIpc) is 2.85. The van der Waals surface area contributed by atoms with Crippen molar-refractivity contribution in [1.29, 1.82) is 0 Å². The second-order valence-corrected chi connectivity index (χ2v) is 7.25. The third-order valence-corrected chi connectivity index (χ3v) is 5.41. The van der Waals surface area contributed by atoms with Crippen molar-refractivity contribution in [3.63, 3.8) is 0 Å². The van der Waals surface area contributed by atoms with Gasteiger partial charge >= 0.3 is 0 Å². The number of rotatable bonds is 4. The lowest BCUT2D eigenvalue weighted by atomic mass is 9.81. The Kier molecular flexibility index (Phi) is 5.39.